The first-order valence-corrected chi connectivity index (χ1v) is 5.58. The minimum Gasteiger partial charge on any atom is -0.469 e. The van der Waals surface area contributed by atoms with Crippen LogP contribution in [-0.2, 0) is 50.3 Å². The van der Waals surface area contributed by atoms with Crippen molar-refractivity contribution >= 4 is 11.8 Å². The molecule has 0 aliphatic heterocycles. The van der Waals surface area contributed by atoms with Gasteiger partial charge in [-0.25, -0.2) is 0 Å². The van der Waals surface area contributed by atoms with Crippen molar-refractivity contribution in [1.29, 1.82) is 0 Å². The van der Waals surface area contributed by atoms with Crippen LogP contribution in [0.5, 0.6) is 0 Å². The molecule has 0 fully saturated rings. The van der Waals surface area contributed by atoms with Crippen LogP contribution >= 0.6 is 0 Å². The number of esters is 1. The third-order valence-corrected chi connectivity index (χ3v) is 1.88. The molecular weight excluding hydrogens is 276 g/mol. The van der Waals surface area contributed by atoms with Crippen LogP contribution in [-0.4, -0.2) is 44.7 Å². The summed E-state index contributed by atoms with van der Waals surface area (Å²) in [6, 6.07) is 0. The second-order valence-electron chi connectivity index (χ2n) is 3.03. The maximum atomic E-state index is 11.9. The first-order valence-electron chi connectivity index (χ1n) is 5.58. The van der Waals surface area contributed by atoms with E-state index in [4.69, 9.17) is 14.2 Å². The van der Waals surface area contributed by atoms with E-state index < -0.39 is 24.1 Å². The van der Waals surface area contributed by atoms with Crippen molar-refractivity contribution in [3.05, 3.63) is 0 Å². The Morgan fingerprint density at radius 1 is 0.944 bits per heavy atom. The van der Waals surface area contributed by atoms with Crippen molar-refractivity contribution in [2.75, 3.05) is 26.9 Å². The van der Waals surface area contributed by atoms with Crippen LogP contribution in [0.15, 0.2) is 0 Å². The van der Waals surface area contributed by atoms with Gasteiger partial charge in [-0.05, 0) is 20.8 Å². The molecule has 0 aromatic carbocycles. The molecule has 6 nitrogen and oxygen atoms in total. The number of ketones is 1. The Labute approximate surface area is 122 Å². The van der Waals surface area contributed by atoms with E-state index in [0.717, 1.165) is 0 Å². The van der Waals surface area contributed by atoms with Gasteiger partial charge in [0, 0.05) is 21.7 Å². The van der Waals surface area contributed by atoms with Gasteiger partial charge in [0.2, 0.25) is 5.78 Å². The largest absolute Gasteiger partial charge is 0.469 e. The number of rotatable bonds is 9. The van der Waals surface area contributed by atoms with Crippen molar-refractivity contribution in [2.24, 2.45) is 0 Å². The predicted molar refractivity (Wildman–Crippen MR) is 59.2 cm³/mol. The predicted octanol–water partition coefficient (Wildman–Crippen LogP) is 0.879. The van der Waals surface area contributed by atoms with Crippen LogP contribution in [0, 0.1) is 0 Å². The second-order valence-corrected chi connectivity index (χ2v) is 3.03. The topological polar surface area (TPSA) is 71.1 Å². The molecule has 0 aliphatic carbocycles. The Morgan fingerprint density at radius 3 is 1.61 bits per heavy atom. The van der Waals surface area contributed by atoms with Gasteiger partial charge in [-0.1, -0.05) is 0 Å². The van der Waals surface area contributed by atoms with Gasteiger partial charge in [-0.3, -0.25) is 9.59 Å². The van der Waals surface area contributed by atoms with Crippen LogP contribution in [0.4, 0.5) is 0 Å². The fraction of sp³-hybridized carbons (Fsp3) is 0.818. The summed E-state index contributed by atoms with van der Waals surface area (Å²) >= 11 is 0. The first kappa shape index (κ1) is 20.1. The summed E-state index contributed by atoms with van der Waals surface area (Å²) in [5.74, 6) is -3.06. The molecule has 0 bridgehead atoms. The molecule has 18 heavy (non-hydrogen) atoms. The summed E-state index contributed by atoms with van der Waals surface area (Å²) < 4.78 is 20.1. The van der Waals surface area contributed by atoms with Crippen molar-refractivity contribution in [3.63, 3.8) is 0 Å². The molecule has 0 aromatic heterocycles. The summed E-state index contributed by atoms with van der Waals surface area (Å²) in [5.41, 5.74) is 0. The van der Waals surface area contributed by atoms with E-state index in [1.54, 1.807) is 20.8 Å². The summed E-state index contributed by atoms with van der Waals surface area (Å²) in [4.78, 5) is 23.0. The fourth-order valence-electron chi connectivity index (χ4n) is 1.25. The van der Waals surface area contributed by atoms with Gasteiger partial charge in [0.15, 0.2) is 0 Å². The molecule has 0 saturated carbocycles. The third-order valence-electron chi connectivity index (χ3n) is 1.88. The molecule has 0 heterocycles. The van der Waals surface area contributed by atoms with Gasteiger partial charge < -0.3 is 18.9 Å². The maximum Gasteiger partial charge on any atom is 0.347 e. The van der Waals surface area contributed by atoms with E-state index in [0.29, 0.717) is 0 Å². The molecule has 0 aromatic rings. The molecule has 0 atom stereocenters. The number of carbonyl (C=O) groups is 2. The number of hydrogen-bond acceptors (Lipinski definition) is 6. The molecule has 0 saturated heterocycles. The summed E-state index contributed by atoms with van der Waals surface area (Å²) in [5, 5.41) is 0. The third kappa shape index (κ3) is 6.06. The molecule has 0 N–H and O–H groups in total. The van der Waals surface area contributed by atoms with E-state index in [2.05, 4.69) is 4.74 Å². The number of carbonyl (C=O) groups excluding carboxylic acids is 2. The maximum absolute atomic E-state index is 11.9. The molecule has 0 aliphatic rings. The van der Waals surface area contributed by atoms with Gasteiger partial charge >= 0.3 is 11.9 Å². The van der Waals surface area contributed by atoms with Crippen LogP contribution in [0.1, 0.15) is 27.2 Å². The normalized spacial score (nSPS) is 10.7. The number of methoxy groups -OCH3 is 1. The number of hydrogen-bond donors (Lipinski definition) is 0. The van der Waals surface area contributed by atoms with E-state index >= 15 is 0 Å². The van der Waals surface area contributed by atoms with Gasteiger partial charge in [0.1, 0.15) is 6.42 Å². The van der Waals surface area contributed by atoms with Gasteiger partial charge in [0.05, 0.1) is 26.9 Å². The Balaban J connectivity index is 0. The summed E-state index contributed by atoms with van der Waals surface area (Å²) in [6.07, 6.45) is -0.448. The van der Waals surface area contributed by atoms with Crippen LogP contribution < -0.4 is 0 Å². The molecule has 0 spiro atoms. The van der Waals surface area contributed by atoms with E-state index in [9.17, 15) is 9.59 Å². The Kier molecular flexibility index (Phi) is 11.9. The average molecular weight is 296 g/mol. The quantitative estimate of drug-likeness (QED) is 0.272. The number of ether oxygens (including phenoxy) is 4. The summed E-state index contributed by atoms with van der Waals surface area (Å²) in [7, 11) is 1.21. The van der Waals surface area contributed by atoms with Crippen molar-refractivity contribution < 1.29 is 50.3 Å². The molecule has 7 heteroatoms. The zero-order valence-electron chi connectivity index (χ0n) is 11.3. The Morgan fingerprint density at radius 2 is 1.33 bits per heavy atom. The zero-order chi connectivity index (χ0) is 13.3. The van der Waals surface area contributed by atoms with E-state index in [1.807, 2.05) is 0 Å². The minimum atomic E-state index is -1.80. The van der Waals surface area contributed by atoms with E-state index in [1.165, 1.54) is 7.11 Å². The molecule has 104 valence electrons. The van der Waals surface area contributed by atoms with Crippen LogP contribution in [0.2, 0.25) is 0 Å². The summed E-state index contributed by atoms with van der Waals surface area (Å²) in [6.45, 7) is 5.81. The fourth-order valence-corrected chi connectivity index (χ4v) is 1.25. The number of Topliss-reactive ketones (excluding diaryl/α,β-unsaturated/α-hetero) is 1. The average Bonchev–Trinajstić information content (AvgIpc) is 2.29. The van der Waals surface area contributed by atoms with Gasteiger partial charge in [-0.15, -0.1) is 0 Å². The molecule has 0 rings (SSSR count). The minimum absolute atomic E-state index is 0. The smallest absolute Gasteiger partial charge is 0.347 e. The standard InChI is InChI=1S/C11H20O6.Ti/c1-5-15-11(16-6-2,17-7-3)9(12)8-10(13)14-4;/h5-8H2,1-4H3;. The Bertz CT molecular complexity index is 239. The van der Waals surface area contributed by atoms with Crippen LogP contribution in [0.3, 0.4) is 0 Å². The zero-order valence-corrected chi connectivity index (χ0v) is 12.8. The second kappa shape index (κ2) is 10.6. The van der Waals surface area contributed by atoms with E-state index in [-0.39, 0.29) is 41.5 Å². The molecule has 0 unspecified atom stereocenters. The van der Waals surface area contributed by atoms with Crippen molar-refractivity contribution in [2.45, 2.75) is 33.2 Å². The van der Waals surface area contributed by atoms with Crippen LogP contribution in [0.25, 0.3) is 0 Å². The van der Waals surface area contributed by atoms with Crippen molar-refractivity contribution in [1.82, 2.24) is 0 Å². The molecule has 0 amide bonds. The monoisotopic (exact) mass is 296 g/mol. The Hall–Kier alpha value is -0.266. The molecular formula is C11H20O6Ti. The van der Waals surface area contributed by atoms with Gasteiger partial charge in [0.25, 0.3) is 0 Å². The van der Waals surface area contributed by atoms with Crippen molar-refractivity contribution in [3.8, 4) is 0 Å². The van der Waals surface area contributed by atoms with Gasteiger partial charge in [-0.2, -0.15) is 0 Å². The first-order chi connectivity index (χ1) is 8.06. The SMILES string of the molecule is CCOC(OCC)(OCC)C(=O)CC(=O)OC.[Ti]. The molecule has 0 radical (unpaired) electrons.